The van der Waals surface area contributed by atoms with Gasteiger partial charge < -0.3 is 28.4 Å². The maximum absolute atomic E-state index is 5.66. The minimum Gasteiger partial charge on any atom is -0.379 e. The Labute approximate surface area is 230 Å². The van der Waals surface area contributed by atoms with Gasteiger partial charge in [0, 0.05) is 13.2 Å². The molecule has 0 saturated heterocycles. The molecule has 6 heteroatoms. The van der Waals surface area contributed by atoms with Crippen LogP contribution in [0, 0.1) is 5.92 Å². The molecule has 37 heavy (non-hydrogen) atoms. The van der Waals surface area contributed by atoms with E-state index in [1.807, 2.05) is 0 Å². The molecule has 1 atom stereocenters. The van der Waals surface area contributed by atoms with E-state index in [9.17, 15) is 0 Å². The standard InChI is InChI=1S/C31H64O6/c1-4-6-7-8-9-10-11-12-13-14-15-16-17-18-19-32-20-21-33-22-23-34-24-25-35-26-27-36-28-29-37-30-31(3)5-2/h31H,4-30H2,1-3H3. The van der Waals surface area contributed by atoms with Crippen LogP contribution in [0.25, 0.3) is 0 Å². The van der Waals surface area contributed by atoms with E-state index in [-0.39, 0.29) is 0 Å². The Hall–Kier alpha value is -0.240. The van der Waals surface area contributed by atoms with E-state index in [4.69, 9.17) is 28.4 Å². The first-order chi connectivity index (χ1) is 18.3. The minimum absolute atomic E-state index is 0.580. The van der Waals surface area contributed by atoms with Crippen LogP contribution in [0.15, 0.2) is 0 Å². The van der Waals surface area contributed by atoms with E-state index < -0.39 is 0 Å². The largest absolute Gasteiger partial charge is 0.379 e. The summed E-state index contributed by atoms with van der Waals surface area (Å²) in [7, 11) is 0. The van der Waals surface area contributed by atoms with Gasteiger partial charge in [-0.05, 0) is 12.3 Å². The van der Waals surface area contributed by atoms with Gasteiger partial charge in [-0.2, -0.15) is 0 Å². The number of rotatable bonds is 33. The van der Waals surface area contributed by atoms with Crippen LogP contribution >= 0.6 is 0 Å². The highest BCUT2D eigenvalue weighted by Gasteiger charge is 1.98. The summed E-state index contributed by atoms with van der Waals surface area (Å²) < 4.78 is 33.2. The third-order valence-electron chi connectivity index (χ3n) is 6.60. The second-order valence-corrected chi connectivity index (χ2v) is 10.2. The smallest absolute Gasteiger partial charge is 0.0701 e. The van der Waals surface area contributed by atoms with Gasteiger partial charge in [-0.15, -0.1) is 0 Å². The number of unbranched alkanes of at least 4 members (excludes halogenated alkanes) is 13. The maximum atomic E-state index is 5.66. The Bertz CT molecular complexity index is 396. The van der Waals surface area contributed by atoms with Crippen molar-refractivity contribution in [3.8, 4) is 0 Å². The van der Waals surface area contributed by atoms with Gasteiger partial charge in [-0.3, -0.25) is 0 Å². The van der Waals surface area contributed by atoms with Crippen molar-refractivity contribution < 1.29 is 28.4 Å². The van der Waals surface area contributed by atoms with Crippen molar-refractivity contribution in [3.63, 3.8) is 0 Å². The normalized spacial score (nSPS) is 12.4. The zero-order chi connectivity index (χ0) is 26.9. The Morgan fingerprint density at radius 2 is 0.649 bits per heavy atom. The molecule has 0 aliphatic heterocycles. The number of ether oxygens (including phenoxy) is 6. The quantitative estimate of drug-likeness (QED) is 0.0811. The summed E-state index contributed by atoms with van der Waals surface area (Å²) in [5, 5.41) is 0. The molecule has 0 aliphatic carbocycles. The molecule has 0 aromatic rings. The molecule has 0 aromatic heterocycles. The van der Waals surface area contributed by atoms with Gasteiger partial charge in [0.15, 0.2) is 0 Å². The van der Waals surface area contributed by atoms with Crippen LogP contribution in [-0.4, -0.2) is 79.3 Å². The summed E-state index contributed by atoms with van der Waals surface area (Å²) in [5.74, 6) is 0.616. The molecule has 1 unspecified atom stereocenters. The lowest BCUT2D eigenvalue weighted by atomic mass is 10.0. The highest BCUT2D eigenvalue weighted by atomic mass is 16.6. The molecule has 0 N–H and O–H groups in total. The van der Waals surface area contributed by atoms with Crippen molar-refractivity contribution in [1.29, 1.82) is 0 Å². The van der Waals surface area contributed by atoms with Crippen molar-refractivity contribution in [3.05, 3.63) is 0 Å². The van der Waals surface area contributed by atoms with Gasteiger partial charge in [-0.1, -0.05) is 111 Å². The third-order valence-corrected chi connectivity index (χ3v) is 6.60. The van der Waals surface area contributed by atoms with E-state index >= 15 is 0 Å². The van der Waals surface area contributed by atoms with Crippen molar-refractivity contribution >= 4 is 0 Å². The van der Waals surface area contributed by atoms with E-state index in [0.29, 0.717) is 72.0 Å². The van der Waals surface area contributed by atoms with Gasteiger partial charge in [0.2, 0.25) is 0 Å². The molecule has 0 heterocycles. The second-order valence-electron chi connectivity index (χ2n) is 10.2. The summed E-state index contributed by atoms with van der Waals surface area (Å²) >= 11 is 0. The molecule has 0 bridgehead atoms. The Balaban J connectivity index is 3.02. The maximum Gasteiger partial charge on any atom is 0.0701 e. The summed E-state index contributed by atoms with van der Waals surface area (Å²) in [5.41, 5.74) is 0. The van der Waals surface area contributed by atoms with Crippen LogP contribution in [0.4, 0.5) is 0 Å². The lowest BCUT2D eigenvalue weighted by molar-refractivity contribution is -0.0182. The molecule has 6 nitrogen and oxygen atoms in total. The Morgan fingerprint density at radius 3 is 1.00 bits per heavy atom. The van der Waals surface area contributed by atoms with Gasteiger partial charge >= 0.3 is 0 Å². The van der Waals surface area contributed by atoms with Crippen LogP contribution in [0.3, 0.4) is 0 Å². The SMILES string of the molecule is CCCCCCCCCCCCCCCCOCCOCCOCCOCCOCCOCC(C)CC. The zero-order valence-electron chi connectivity index (χ0n) is 25.1. The molecule has 0 amide bonds. The number of hydrogen-bond donors (Lipinski definition) is 0. The van der Waals surface area contributed by atoms with E-state index in [2.05, 4.69) is 20.8 Å². The molecular formula is C31H64O6. The highest BCUT2D eigenvalue weighted by Crippen LogP contribution is 2.13. The first-order valence-electron chi connectivity index (χ1n) is 15.8. The van der Waals surface area contributed by atoms with E-state index in [1.54, 1.807) is 0 Å². The first kappa shape index (κ1) is 36.8. The fourth-order valence-electron chi connectivity index (χ4n) is 3.90. The molecule has 0 rings (SSSR count). The predicted molar refractivity (Wildman–Crippen MR) is 155 cm³/mol. The second kappa shape index (κ2) is 33.8. The van der Waals surface area contributed by atoms with Crippen molar-refractivity contribution in [2.75, 3.05) is 79.3 Å². The first-order valence-corrected chi connectivity index (χ1v) is 15.8. The molecular weight excluding hydrogens is 468 g/mol. The van der Waals surface area contributed by atoms with Gasteiger partial charge in [0.25, 0.3) is 0 Å². The molecule has 0 spiro atoms. The lowest BCUT2D eigenvalue weighted by Gasteiger charge is -2.10. The van der Waals surface area contributed by atoms with E-state index in [0.717, 1.165) is 26.1 Å². The van der Waals surface area contributed by atoms with Crippen molar-refractivity contribution in [1.82, 2.24) is 0 Å². The van der Waals surface area contributed by atoms with Crippen molar-refractivity contribution in [2.45, 2.75) is 117 Å². The molecule has 0 fully saturated rings. The fourth-order valence-corrected chi connectivity index (χ4v) is 3.90. The summed E-state index contributed by atoms with van der Waals surface area (Å²) in [6.45, 7) is 14.4. The average Bonchev–Trinajstić information content (AvgIpc) is 2.91. The van der Waals surface area contributed by atoms with Gasteiger partial charge in [0.1, 0.15) is 0 Å². The van der Waals surface area contributed by atoms with Crippen molar-refractivity contribution in [2.24, 2.45) is 5.92 Å². The third kappa shape index (κ3) is 33.7. The van der Waals surface area contributed by atoms with Crippen LogP contribution in [0.2, 0.25) is 0 Å². The summed E-state index contributed by atoms with van der Waals surface area (Å²) in [4.78, 5) is 0. The molecule has 0 aromatic carbocycles. The lowest BCUT2D eigenvalue weighted by Crippen LogP contribution is -2.14. The predicted octanol–water partition coefficient (Wildman–Crippen LogP) is 7.61. The molecule has 0 aliphatic rings. The van der Waals surface area contributed by atoms with E-state index in [1.165, 1.54) is 83.5 Å². The summed E-state index contributed by atoms with van der Waals surface area (Å²) in [6.07, 6.45) is 20.6. The summed E-state index contributed by atoms with van der Waals surface area (Å²) in [6, 6.07) is 0. The zero-order valence-corrected chi connectivity index (χ0v) is 25.1. The average molecular weight is 533 g/mol. The molecule has 0 radical (unpaired) electrons. The Kier molecular flexibility index (Phi) is 33.6. The highest BCUT2D eigenvalue weighted by molar-refractivity contribution is 4.49. The number of hydrogen-bond acceptors (Lipinski definition) is 6. The van der Waals surface area contributed by atoms with Crippen LogP contribution in [0.5, 0.6) is 0 Å². The molecule has 0 saturated carbocycles. The fraction of sp³-hybridized carbons (Fsp3) is 1.00. The topological polar surface area (TPSA) is 55.4 Å². The minimum atomic E-state index is 0.580. The van der Waals surface area contributed by atoms with Gasteiger partial charge in [-0.25, -0.2) is 0 Å². The monoisotopic (exact) mass is 532 g/mol. The van der Waals surface area contributed by atoms with Crippen LogP contribution < -0.4 is 0 Å². The van der Waals surface area contributed by atoms with Crippen LogP contribution in [0.1, 0.15) is 117 Å². The van der Waals surface area contributed by atoms with Gasteiger partial charge in [0.05, 0.1) is 66.1 Å². The Morgan fingerprint density at radius 1 is 0.351 bits per heavy atom. The molecule has 224 valence electrons. The van der Waals surface area contributed by atoms with Crippen LogP contribution in [-0.2, 0) is 28.4 Å².